The van der Waals surface area contributed by atoms with E-state index in [9.17, 15) is 13.5 Å². The lowest BCUT2D eigenvalue weighted by Gasteiger charge is -2.33. The molecule has 4 nitrogen and oxygen atoms in total. The fraction of sp³-hybridized carbons (Fsp3) is 0.600. The summed E-state index contributed by atoms with van der Waals surface area (Å²) < 4.78 is 26.5. The molecule has 1 fully saturated rings. The molecule has 1 saturated heterocycles. The molecule has 2 atom stereocenters. The van der Waals surface area contributed by atoms with Gasteiger partial charge in [0.1, 0.15) is 9.23 Å². The number of aliphatic hydroxyl groups is 1. The standard InChI is InChI=1S/C10H13Cl2NO3S2/c1-6-2-3-13(5-7(6)14)18(15,16)8-4-9(11)17-10(8)12/h4,6-7,14H,2-3,5H2,1H3. The molecule has 0 bridgehead atoms. The summed E-state index contributed by atoms with van der Waals surface area (Å²) in [5, 5.41) is 9.77. The monoisotopic (exact) mass is 329 g/mol. The molecular formula is C10H13Cl2NO3S2. The van der Waals surface area contributed by atoms with E-state index >= 15 is 0 Å². The molecule has 1 aromatic heterocycles. The fourth-order valence-electron chi connectivity index (χ4n) is 1.88. The normalized spacial score (nSPS) is 26.4. The molecule has 0 aromatic carbocycles. The smallest absolute Gasteiger partial charge is 0.245 e. The maximum Gasteiger partial charge on any atom is 0.245 e. The molecule has 102 valence electrons. The van der Waals surface area contributed by atoms with Crippen molar-refractivity contribution >= 4 is 44.6 Å². The van der Waals surface area contributed by atoms with E-state index in [4.69, 9.17) is 23.2 Å². The zero-order chi connectivity index (χ0) is 13.5. The Kier molecular flexibility index (Phi) is 4.26. The van der Waals surface area contributed by atoms with Crippen molar-refractivity contribution in [1.29, 1.82) is 0 Å². The number of halogens is 2. The van der Waals surface area contributed by atoms with Crippen LogP contribution in [0.3, 0.4) is 0 Å². The van der Waals surface area contributed by atoms with Crippen molar-refractivity contribution in [2.75, 3.05) is 13.1 Å². The highest BCUT2D eigenvalue weighted by Crippen LogP contribution is 2.36. The minimum absolute atomic E-state index is 0.0286. The lowest BCUT2D eigenvalue weighted by atomic mass is 9.98. The summed E-state index contributed by atoms with van der Waals surface area (Å²) in [6.07, 6.45) is -0.00278. The Morgan fingerprint density at radius 2 is 2.17 bits per heavy atom. The number of piperidine rings is 1. The van der Waals surface area contributed by atoms with Gasteiger partial charge in [-0.05, 0) is 18.4 Å². The Bertz CT molecular complexity index is 543. The second-order valence-corrected chi connectivity index (χ2v) is 8.58. The minimum atomic E-state index is -3.66. The molecule has 18 heavy (non-hydrogen) atoms. The van der Waals surface area contributed by atoms with Gasteiger partial charge in [-0.25, -0.2) is 8.42 Å². The van der Waals surface area contributed by atoms with Crippen LogP contribution >= 0.6 is 34.5 Å². The minimum Gasteiger partial charge on any atom is -0.391 e. The van der Waals surface area contributed by atoms with Gasteiger partial charge in [-0.15, -0.1) is 11.3 Å². The summed E-state index contributed by atoms with van der Waals surface area (Å²) in [5.74, 6) is 0.109. The van der Waals surface area contributed by atoms with Crippen LogP contribution in [-0.2, 0) is 10.0 Å². The van der Waals surface area contributed by atoms with Gasteiger partial charge in [-0.1, -0.05) is 30.1 Å². The zero-order valence-corrected chi connectivity index (χ0v) is 12.8. The highest BCUT2D eigenvalue weighted by Gasteiger charge is 2.34. The zero-order valence-electron chi connectivity index (χ0n) is 9.64. The molecule has 1 aliphatic rings. The van der Waals surface area contributed by atoms with Gasteiger partial charge in [0.25, 0.3) is 0 Å². The number of nitrogens with zero attached hydrogens (tertiary/aromatic N) is 1. The van der Waals surface area contributed by atoms with E-state index in [0.717, 1.165) is 11.3 Å². The van der Waals surface area contributed by atoms with Crippen molar-refractivity contribution in [3.05, 3.63) is 14.7 Å². The van der Waals surface area contributed by atoms with Gasteiger partial charge in [0.2, 0.25) is 10.0 Å². The van der Waals surface area contributed by atoms with Gasteiger partial charge in [-0.3, -0.25) is 0 Å². The molecular weight excluding hydrogens is 317 g/mol. The maximum absolute atomic E-state index is 12.4. The van der Waals surface area contributed by atoms with Crippen LogP contribution in [0.4, 0.5) is 0 Å². The number of thiophene rings is 1. The van der Waals surface area contributed by atoms with E-state index in [1.165, 1.54) is 10.4 Å². The first-order chi connectivity index (χ1) is 8.32. The third-order valence-electron chi connectivity index (χ3n) is 3.12. The lowest BCUT2D eigenvalue weighted by Crippen LogP contribution is -2.45. The van der Waals surface area contributed by atoms with E-state index in [2.05, 4.69) is 0 Å². The van der Waals surface area contributed by atoms with E-state index < -0.39 is 16.1 Å². The average molecular weight is 330 g/mol. The molecule has 1 aromatic rings. The quantitative estimate of drug-likeness (QED) is 0.906. The van der Waals surface area contributed by atoms with E-state index in [-0.39, 0.29) is 21.7 Å². The SMILES string of the molecule is CC1CCN(S(=O)(=O)c2cc(Cl)sc2Cl)CC1O. The van der Waals surface area contributed by atoms with E-state index in [1.54, 1.807) is 0 Å². The van der Waals surface area contributed by atoms with Gasteiger partial charge in [0.15, 0.2) is 0 Å². The summed E-state index contributed by atoms with van der Waals surface area (Å²) in [6, 6.07) is 1.36. The van der Waals surface area contributed by atoms with Crippen molar-refractivity contribution < 1.29 is 13.5 Å². The highest BCUT2D eigenvalue weighted by atomic mass is 35.5. The first kappa shape index (κ1) is 14.6. The van der Waals surface area contributed by atoms with Crippen LogP contribution in [-0.4, -0.2) is 37.0 Å². The summed E-state index contributed by atoms with van der Waals surface area (Å²) in [4.78, 5) is 0.0286. The van der Waals surface area contributed by atoms with Crippen LogP contribution < -0.4 is 0 Å². The van der Waals surface area contributed by atoms with Crippen molar-refractivity contribution in [1.82, 2.24) is 4.31 Å². The highest BCUT2D eigenvalue weighted by molar-refractivity contribution is 7.89. The Labute approximate surface area is 120 Å². The van der Waals surface area contributed by atoms with Crippen LogP contribution in [0.15, 0.2) is 11.0 Å². The van der Waals surface area contributed by atoms with Crippen LogP contribution in [0.25, 0.3) is 0 Å². The summed E-state index contributed by atoms with van der Waals surface area (Å²) in [7, 11) is -3.66. The first-order valence-corrected chi connectivity index (χ1v) is 8.46. The van der Waals surface area contributed by atoms with Crippen LogP contribution in [0.1, 0.15) is 13.3 Å². The molecule has 2 heterocycles. The van der Waals surface area contributed by atoms with Crippen LogP contribution in [0.2, 0.25) is 8.67 Å². The van der Waals surface area contributed by atoms with Crippen LogP contribution in [0, 0.1) is 5.92 Å². The molecule has 0 saturated carbocycles. The van der Waals surface area contributed by atoms with Crippen molar-refractivity contribution in [2.45, 2.75) is 24.3 Å². The number of sulfonamides is 1. The molecule has 0 amide bonds. The molecule has 0 aliphatic carbocycles. The van der Waals surface area contributed by atoms with Crippen molar-refractivity contribution in [3.63, 3.8) is 0 Å². The molecule has 2 unspecified atom stereocenters. The maximum atomic E-state index is 12.4. The van der Waals surface area contributed by atoms with Gasteiger partial charge >= 0.3 is 0 Å². The molecule has 1 N–H and O–H groups in total. The summed E-state index contributed by atoms with van der Waals surface area (Å²) in [6.45, 7) is 2.40. The molecule has 1 aliphatic heterocycles. The molecule has 0 radical (unpaired) electrons. The second-order valence-electron chi connectivity index (χ2n) is 4.38. The number of β-amino-alcohol motifs (C(OH)–C–C–N with tert-alkyl or cyclic N) is 1. The fourth-order valence-corrected chi connectivity index (χ4v) is 5.46. The predicted molar refractivity (Wildman–Crippen MR) is 72.9 cm³/mol. The topological polar surface area (TPSA) is 57.6 Å². The number of hydrogen-bond acceptors (Lipinski definition) is 4. The second kappa shape index (κ2) is 5.26. The molecule has 8 heteroatoms. The first-order valence-electron chi connectivity index (χ1n) is 5.45. The van der Waals surface area contributed by atoms with Gasteiger partial charge in [0, 0.05) is 13.1 Å². The van der Waals surface area contributed by atoms with E-state index in [1.807, 2.05) is 6.92 Å². The summed E-state index contributed by atoms with van der Waals surface area (Å²) in [5.41, 5.74) is 0. The lowest BCUT2D eigenvalue weighted by molar-refractivity contribution is 0.0605. The van der Waals surface area contributed by atoms with Gasteiger partial charge in [-0.2, -0.15) is 4.31 Å². The summed E-state index contributed by atoms with van der Waals surface area (Å²) >= 11 is 12.7. The average Bonchev–Trinajstić information content (AvgIpc) is 2.62. The third-order valence-corrected chi connectivity index (χ3v) is 6.74. The van der Waals surface area contributed by atoms with Crippen molar-refractivity contribution in [3.8, 4) is 0 Å². The molecule has 2 rings (SSSR count). The van der Waals surface area contributed by atoms with Crippen molar-refractivity contribution in [2.24, 2.45) is 5.92 Å². The predicted octanol–water partition coefficient (Wildman–Crippen LogP) is 2.45. The Morgan fingerprint density at radius 3 is 2.67 bits per heavy atom. The number of hydrogen-bond donors (Lipinski definition) is 1. The Hall–Kier alpha value is 0.150. The number of aliphatic hydroxyl groups excluding tert-OH is 1. The third kappa shape index (κ3) is 2.69. The Morgan fingerprint density at radius 1 is 1.50 bits per heavy atom. The number of rotatable bonds is 2. The van der Waals surface area contributed by atoms with Crippen LogP contribution in [0.5, 0.6) is 0 Å². The van der Waals surface area contributed by atoms with Gasteiger partial charge in [0.05, 0.1) is 10.4 Å². The van der Waals surface area contributed by atoms with Gasteiger partial charge < -0.3 is 5.11 Å². The largest absolute Gasteiger partial charge is 0.391 e. The Balaban J connectivity index is 2.29. The molecule has 0 spiro atoms. The van der Waals surface area contributed by atoms with E-state index in [0.29, 0.717) is 17.3 Å².